The van der Waals surface area contributed by atoms with E-state index in [0.29, 0.717) is 27.9 Å². The molecule has 2 fully saturated rings. The summed E-state index contributed by atoms with van der Waals surface area (Å²) in [5.41, 5.74) is 2.42. The highest BCUT2D eigenvalue weighted by molar-refractivity contribution is 8.26. The number of hydrogen-bond donors (Lipinski definition) is 0. The van der Waals surface area contributed by atoms with E-state index >= 15 is 0 Å². The number of anilines is 2. The van der Waals surface area contributed by atoms with E-state index in [4.69, 9.17) is 12.2 Å². The maximum absolute atomic E-state index is 13.5. The normalized spacial score (nSPS) is 17.3. The number of rotatable bonds is 7. The number of nitriles is 1. The lowest BCUT2D eigenvalue weighted by Crippen LogP contribution is -2.48. The maximum atomic E-state index is 13.5. The van der Waals surface area contributed by atoms with Crippen LogP contribution in [0.15, 0.2) is 40.0 Å². The fourth-order valence-electron chi connectivity index (χ4n) is 4.73. The van der Waals surface area contributed by atoms with Gasteiger partial charge in [0.1, 0.15) is 21.8 Å². The highest BCUT2D eigenvalue weighted by atomic mass is 32.2. The lowest BCUT2D eigenvalue weighted by atomic mass is 10.0. The van der Waals surface area contributed by atoms with Crippen LogP contribution in [0.4, 0.5) is 11.5 Å². The number of thiocarbonyl (C=S) groups is 1. The number of nitrogens with zero attached hydrogens (tertiary/aromatic N) is 5. The Morgan fingerprint density at radius 2 is 1.75 bits per heavy atom. The van der Waals surface area contributed by atoms with E-state index in [1.165, 1.54) is 17.4 Å². The third-order valence-corrected chi connectivity index (χ3v) is 8.13. The van der Waals surface area contributed by atoms with E-state index in [0.717, 1.165) is 50.4 Å². The van der Waals surface area contributed by atoms with Gasteiger partial charge in [-0.05, 0) is 44.0 Å². The van der Waals surface area contributed by atoms with Gasteiger partial charge in [0.2, 0.25) is 0 Å². The third kappa shape index (κ3) is 4.93. The Morgan fingerprint density at radius 3 is 2.33 bits per heavy atom. The highest BCUT2D eigenvalue weighted by Crippen LogP contribution is 2.36. The first kappa shape index (κ1) is 26.0. The predicted octanol–water partition coefficient (Wildman–Crippen LogP) is 4.38. The largest absolute Gasteiger partial charge is 0.368 e. The first-order valence-electron chi connectivity index (χ1n) is 12.4. The molecule has 0 saturated carbocycles. The Labute approximate surface area is 222 Å². The van der Waals surface area contributed by atoms with Crippen molar-refractivity contribution in [1.29, 1.82) is 5.26 Å². The minimum Gasteiger partial charge on any atom is -0.368 e. The molecule has 0 N–H and O–H groups in total. The molecule has 7 nitrogen and oxygen atoms in total. The Bertz CT molecular complexity index is 1290. The summed E-state index contributed by atoms with van der Waals surface area (Å²) in [6, 6.07) is 12.4. The van der Waals surface area contributed by atoms with Gasteiger partial charge in [-0.25, -0.2) is 0 Å². The molecule has 4 rings (SSSR count). The number of pyridine rings is 1. The fourth-order valence-corrected chi connectivity index (χ4v) is 6.09. The Hall–Kier alpha value is -3.09. The van der Waals surface area contributed by atoms with Crippen LogP contribution in [0.1, 0.15) is 43.4 Å². The average Bonchev–Trinajstić information content (AvgIpc) is 3.17. The summed E-state index contributed by atoms with van der Waals surface area (Å²) in [5, 5.41) is 9.87. The number of carbonyl (C=O) groups excluding carboxylic acids is 1. The van der Waals surface area contributed by atoms with Crippen LogP contribution in [0.3, 0.4) is 0 Å². The SMILES string of the molecule is CCCCn1c(N2CCN(c3ccccc3)CC2)c(/C=C2/SC(=S)N(CC)C2=O)c(C)c(C#N)c1=O. The molecule has 2 saturated heterocycles. The molecule has 2 aliphatic heterocycles. The van der Waals surface area contributed by atoms with Crippen molar-refractivity contribution >= 4 is 51.8 Å². The van der Waals surface area contributed by atoms with Gasteiger partial charge in [-0.3, -0.25) is 19.1 Å². The summed E-state index contributed by atoms with van der Waals surface area (Å²) in [4.78, 5) is 33.2. The number of amides is 1. The molecule has 2 aromatic rings. The number of para-hydroxylation sites is 1. The van der Waals surface area contributed by atoms with Gasteiger partial charge >= 0.3 is 0 Å². The number of likely N-dealkylation sites (N-methyl/N-ethyl adjacent to an activating group) is 1. The quantitative estimate of drug-likeness (QED) is 0.396. The number of unbranched alkanes of at least 4 members (excludes halogenated alkanes) is 1. The lowest BCUT2D eigenvalue weighted by Gasteiger charge is -2.39. The zero-order chi connectivity index (χ0) is 25.8. The molecule has 0 radical (unpaired) electrons. The van der Waals surface area contributed by atoms with Crippen LogP contribution >= 0.6 is 24.0 Å². The maximum Gasteiger partial charge on any atom is 0.270 e. The molecule has 0 aliphatic carbocycles. The van der Waals surface area contributed by atoms with Crippen molar-refractivity contribution in [2.45, 2.75) is 40.2 Å². The number of aromatic nitrogens is 1. The number of thioether (sulfide) groups is 1. The Morgan fingerprint density at radius 1 is 1.08 bits per heavy atom. The van der Waals surface area contributed by atoms with Crippen LogP contribution in [-0.4, -0.2) is 52.4 Å². The second-order valence-corrected chi connectivity index (χ2v) is 10.6. The summed E-state index contributed by atoms with van der Waals surface area (Å²) in [6.07, 6.45) is 3.59. The highest BCUT2D eigenvalue weighted by Gasteiger charge is 2.32. The van der Waals surface area contributed by atoms with E-state index in [2.05, 4.69) is 34.9 Å². The predicted molar refractivity (Wildman–Crippen MR) is 151 cm³/mol. The molecule has 188 valence electrons. The zero-order valence-corrected chi connectivity index (χ0v) is 22.6. The smallest absolute Gasteiger partial charge is 0.270 e. The van der Waals surface area contributed by atoms with Crippen molar-refractivity contribution in [1.82, 2.24) is 9.47 Å². The molecule has 1 aromatic heterocycles. The minimum absolute atomic E-state index is 0.128. The minimum atomic E-state index is -0.262. The Kier molecular flexibility index (Phi) is 8.17. The molecule has 0 spiro atoms. The van der Waals surface area contributed by atoms with Crippen molar-refractivity contribution in [3.63, 3.8) is 0 Å². The molecule has 9 heteroatoms. The molecular weight excluding hydrogens is 490 g/mol. The average molecular weight is 522 g/mol. The van der Waals surface area contributed by atoms with Gasteiger partial charge in [0.25, 0.3) is 11.5 Å². The van der Waals surface area contributed by atoms with E-state index < -0.39 is 0 Å². The molecule has 0 atom stereocenters. The molecule has 1 amide bonds. The van der Waals surface area contributed by atoms with Crippen LogP contribution in [0.2, 0.25) is 0 Å². The van der Waals surface area contributed by atoms with Crippen LogP contribution < -0.4 is 15.4 Å². The molecule has 2 aliphatic rings. The molecular formula is C27H31N5O2S2. The van der Waals surface area contributed by atoms with Crippen LogP contribution in [0, 0.1) is 18.3 Å². The van der Waals surface area contributed by atoms with Crippen molar-refractivity contribution in [3.8, 4) is 6.07 Å². The number of hydrogen-bond acceptors (Lipinski definition) is 7. The van der Waals surface area contributed by atoms with E-state index in [1.807, 2.05) is 31.2 Å². The molecule has 36 heavy (non-hydrogen) atoms. The molecule has 3 heterocycles. The van der Waals surface area contributed by atoms with E-state index in [1.54, 1.807) is 16.4 Å². The van der Waals surface area contributed by atoms with E-state index in [9.17, 15) is 14.9 Å². The van der Waals surface area contributed by atoms with Gasteiger partial charge in [0, 0.05) is 50.5 Å². The number of carbonyl (C=O) groups is 1. The summed E-state index contributed by atoms with van der Waals surface area (Å²) in [5.74, 6) is 0.663. The first-order valence-corrected chi connectivity index (χ1v) is 13.6. The van der Waals surface area contributed by atoms with Crippen LogP contribution in [0.5, 0.6) is 0 Å². The summed E-state index contributed by atoms with van der Waals surface area (Å²) < 4.78 is 2.28. The second-order valence-electron chi connectivity index (χ2n) is 8.90. The summed E-state index contributed by atoms with van der Waals surface area (Å²) in [7, 11) is 0. The van der Waals surface area contributed by atoms with Gasteiger partial charge in [0.15, 0.2) is 0 Å². The van der Waals surface area contributed by atoms with Gasteiger partial charge < -0.3 is 9.80 Å². The molecule has 1 aromatic carbocycles. The number of benzene rings is 1. The van der Waals surface area contributed by atoms with Gasteiger partial charge in [-0.2, -0.15) is 5.26 Å². The summed E-state index contributed by atoms with van der Waals surface area (Å²) in [6.45, 7) is 9.88. The van der Waals surface area contributed by atoms with Crippen LogP contribution in [-0.2, 0) is 11.3 Å². The van der Waals surface area contributed by atoms with E-state index in [-0.39, 0.29) is 17.0 Å². The number of piperazine rings is 1. The fraction of sp³-hybridized carbons (Fsp3) is 0.407. The topological polar surface area (TPSA) is 72.6 Å². The van der Waals surface area contributed by atoms with Gasteiger partial charge in [-0.1, -0.05) is 55.5 Å². The molecule has 0 bridgehead atoms. The van der Waals surface area contributed by atoms with Crippen molar-refractivity contribution < 1.29 is 4.79 Å². The van der Waals surface area contributed by atoms with Gasteiger partial charge in [0.05, 0.1) is 4.91 Å². The monoisotopic (exact) mass is 521 g/mol. The lowest BCUT2D eigenvalue weighted by molar-refractivity contribution is -0.121. The zero-order valence-electron chi connectivity index (χ0n) is 21.0. The van der Waals surface area contributed by atoms with Crippen LogP contribution in [0.25, 0.3) is 6.08 Å². The van der Waals surface area contributed by atoms with Crippen molar-refractivity contribution in [3.05, 3.63) is 62.3 Å². The second kappa shape index (κ2) is 11.3. The van der Waals surface area contributed by atoms with Crippen molar-refractivity contribution in [2.24, 2.45) is 0 Å². The molecule has 0 unspecified atom stereocenters. The first-order chi connectivity index (χ1) is 17.4. The Balaban J connectivity index is 1.81. The standard InChI is InChI=1S/C27H31N5O2S2/c1-4-6-12-32-24(30-15-13-29(14-16-30)20-10-8-7-9-11-20)21(19(3)22(18-28)25(32)33)17-23-26(34)31(5-2)27(35)36-23/h7-11,17H,4-6,12-16H2,1-3H3/b23-17+. The summed E-state index contributed by atoms with van der Waals surface area (Å²) >= 11 is 6.69. The van der Waals surface area contributed by atoms with Crippen molar-refractivity contribution in [2.75, 3.05) is 42.5 Å². The third-order valence-electron chi connectivity index (χ3n) is 6.75. The van der Waals surface area contributed by atoms with Gasteiger partial charge in [-0.15, -0.1) is 0 Å².